The van der Waals surface area contributed by atoms with Crippen LogP contribution < -0.4 is 10.1 Å². The predicted octanol–water partition coefficient (Wildman–Crippen LogP) is 6.45. The van der Waals surface area contributed by atoms with E-state index in [9.17, 15) is 9.59 Å². The summed E-state index contributed by atoms with van der Waals surface area (Å²) in [5.74, 6) is -0.176. The van der Waals surface area contributed by atoms with Crippen molar-refractivity contribution < 1.29 is 19.1 Å². The van der Waals surface area contributed by atoms with Gasteiger partial charge in [-0.2, -0.15) is 5.26 Å². The Morgan fingerprint density at radius 2 is 1.94 bits per heavy atom. The van der Waals surface area contributed by atoms with Gasteiger partial charge in [0.1, 0.15) is 6.10 Å². The van der Waals surface area contributed by atoms with Gasteiger partial charge in [0.05, 0.1) is 6.07 Å². The van der Waals surface area contributed by atoms with E-state index < -0.39 is 12.1 Å². The van der Waals surface area contributed by atoms with Crippen LogP contribution in [-0.4, -0.2) is 24.7 Å². The topological polar surface area (TPSA) is 88.4 Å². The number of nitrogens with zero attached hydrogens (tertiary/aromatic N) is 1. The number of ether oxygens (including phenoxy) is 2. The summed E-state index contributed by atoms with van der Waals surface area (Å²) in [7, 11) is 0. The normalized spacial score (nSPS) is 14.1. The molecule has 0 aromatic carbocycles. The van der Waals surface area contributed by atoms with Gasteiger partial charge in [-0.05, 0) is 57.6 Å². The van der Waals surface area contributed by atoms with Crippen molar-refractivity contribution in [2.24, 2.45) is 0 Å². The molecule has 166 valence electrons. The minimum atomic E-state index is -0.585. The number of nitriles is 1. The third-order valence-electron chi connectivity index (χ3n) is 5.13. The fraction of sp³-hybridized carbons (Fsp3) is 0.522. The lowest BCUT2D eigenvalue weighted by Crippen LogP contribution is -2.28. The molecule has 8 heteroatoms. The number of nitrogens with one attached hydrogen (secondary N) is 1. The molecule has 2 aromatic heterocycles. The second kappa shape index (κ2) is 11.9. The molecule has 1 saturated carbocycles. The largest absolute Gasteiger partial charge is 0.458 e. The first kappa shape index (κ1) is 23.3. The van der Waals surface area contributed by atoms with Crippen LogP contribution in [0, 0.1) is 18.3 Å². The number of rotatable bonds is 9. The minimum absolute atomic E-state index is 0.0640. The van der Waals surface area contributed by atoms with Gasteiger partial charge < -0.3 is 14.8 Å². The van der Waals surface area contributed by atoms with Gasteiger partial charge in [-0.1, -0.05) is 12.8 Å². The van der Waals surface area contributed by atoms with Crippen LogP contribution in [0.4, 0.5) is 4.79 Å². The lowest BCUT2D eigenvalue weighted by molar-refractivity contribution is 0.0214. The van der Waals surface area contributed by atoms with Crippen LogP contribution in [0.15, 0.2) is 18.2 Å². The highest BCUT2D eigenvalue weighted by atomic mass is 32.1. The molecule has 0 aliphatic heterocycles. The van der Waals surface area contributed by atoms with Gasteiger partial charge in [-0.15, -0.1) is 22.7 Å². The maximum atomic E-state index is 12.9. The van der Waals surface area contributed by atoms with E-state index in [1.165, 1.54) is 22.6 Å². The number of aryl methyl sites for hydroxylation is 1. The number of amides is 1. The Labute approximate surface area is 191 Å². The summed E-state index contributed by atoms with van der Waals surface area (Å²) >= 11 is 2.93. The van der Waals surface area contributed by atoms with Crippen molar-refractivity contribution in [3.63, 3.8) is 0 Å². The Bertz CT molecular complexity index is 922. The van der Waals surface area contributed by atoms with Crippen molar-refractivity contribution in [3.05, 3.63) is 28.0 Å². The molecular weight excluding hydrogens is 432 g/mol. The first-order chi connectivity index (χ1) is 15.1. The molecule has 1 fully saturated rings. The van der Waals surface area contributed by atoms with Crippen LogP contribution >= 0.6 is 22.7 Å². The van der Waals surface area contributed by atoms with E-state index >= 15 is 0 Å². The molecule has 3 rings (SSSR count). The Hall–Kier alpha value is -2.37. The molecule has 0 radical (unpaired) electrons. The molecule has 0 atom stereocenters. The van der Waals surface area contributed by atoms with Crippen molar-refractivity contribution in [2.45, 2.75) is 70.8 Å². The van der Waals surface area contributed by atoms with Crippen LogP contribution in [0.1, 0.15) is 72.3 Å². The number of carbonyl (C=O) groups excluding carboxylic acids is 2. The Kier molecular flexibility index (Phi) is 8.92. The van der Waals surface area contributed by atoms with Gasteiger partial charge in [0.2, 0.25) is 0 Å². The molecule has 2 heterocycles. The van der Waals surface area contributed by atoms with Gasteiger partial charge in [-0.25, -0.2) is 9.59 Å². The second-order valence-electron chi connectivity index (χ2n) is 7.66. The fourth-order valence-electron chi connectivity index (χ4n) is 3.50. The molecule has 0 saturated heterocycles. The van der Waals surface area contributed by atoms with Crippen LogP contribution in [0.25, 0.3) is 9.75 Å². The fourth-order valence-corrected chi connectivity index (χ4v) is 5.42. The molecule has 31 heavy (non-hydrogen) atoms. The highest BCUT2D eigenvalue weighted by Crippen LogP contribution is 2.40. The summed E-state index contributed by atoms with van der Waals surface area (Å²) in [4.78, 5) is 28.6. The average molecular weight is 461 g/mol. The maximum absolute atomic E-state index is 12.9. The third kappa shape index (κ3) is 7.08. The summed E-state index contributed by atoms with van der Waals surface area (Å²) in [6.07, 6.45) is 7.43. The number of thiophene rings is 2. The van der Waals surface area contributed by atoms with Crippen molar-refractivity contribution in [1.82, 2.24) is 5.32 Å². The van der Waals surface area contributed by atoms with Crippen LogP contribution in [0.2, 0.25) is 0 Å². The zero-order valence-corrected chi connectivity index (χ0v) is 19.4. The Balaban J connectivity index is 1.66. The van der Waals surface area contributed by atoms with Crippen molar-refractivity contribution >= 4 is 34.7 Å². The number of carbonyl (C=O) groups is 2. The molecule has 2 aromatic rings. The molecule has 1 N–H and O–H groups in total. The molecule has 0 unspecified atom stereocenters. The van der Waals surface area contributed by atoms with E-state index in [-0.39, 0.29) is 11.9 Å². The number of hydrogen-bond acceptors (Lipinski definition) is 7. The van der Waals surface area contributed by atoms with E-state index in [0.717, 1.165) is 54.7 Å². The third-order valence-corrected chi connectivity index (χ3v) is 7.42. The molecular formula is C23H28N2O4S2. The van der Waals surface area contributed by atoms with Crippen LogP contribution in [0.3, 0.4) is 0 Å². The van der Waals surface area contributed by atoms with Gasteiger partial charge >= 0.3 is 12.1 Å². The van der Waals surface area contributed by atoms with Crippen LogP contribution in [0.5, 0.6) is 5.75 Å². The highest BCUT2D eigenvalue weighted by Gasteiger charge is 2.26. The van der Waals surface area contributed by atoms with E-state index in [0.29, 0.717) is 17.8 Å². The average Bonchev–Trinajstić information content (AvgIpc) is 3.37. The van der Waals surface area contributed by atoms with Crippen molar-refractivity contribution in [2.75, 3.05) is 6.54 Å². The van der Waals surface area contributed by atoms with Crippen molar-refractivity contribution in [3.8, 4) is 21.6 Å². The quantitative estimate of drug-likeness (QED) is 0.343. The summed E-state index contributed by atoms with van der Waals surface area (Å²) < 4.78 is 11.2. The Morgan fingerprint density at radius 1 is 1.13 bits per heavy atom. The minimum Gasteiger partial charge on any atom is -0.458 e. The van der Waals surface area contributed by atoms with E-state index in [4.69, 9.17) is 14.7 Å². The van der Waals surface area contributed by atoms with Gasteiger partial charge in [0.25, 0.3) is 0 Å². The number of esters is 1. The van der Waals surface area contributed by atoms with E-state index in [2.05, 4.69) is 11.4 Å². The van der Waals surface area contributed by atoms with Crippen LogP contribution in [-0.2, 0) is 4.74 Å². The molecule has 6 nitrogen and oxygen atoms in total. The second-order valence-corrected chi connectivity index (χ2v) is 10.0. The molecule has 1 amide bonds. The summed E-state index contributed by atoms with van der Waals surface area (Å²) in [6, 6.07) is 7.89. The monoisotopic (exact) mass is 460 g/mol. The lowest BCUT2D eigenvalue weighted by Gasteiger charge is -2.21. The summed E-state index contributed by atoms with van der Waals surface area (Å²) in [5, 5.41) is 11.3. The van der Waals surface area contributed by atoms with E-state index in [1.807, 2.05) is 19.1 Å². The number of unbranched alkanes of at least 4 members (excludes halogenated alkanes) is 3. The first-order valence-corrected chi connectivity index (χ1v) is 12.4. The standard InChI is InChI=1S/C23H28N2O4S2/c1-16-11-12-19(30-16)20-15-18(29-23(27)25-14-8-3-2-7-13-24)21(31-20)22(26)28-17-9-5-4-6-10-17/h11-12,15,17H,2-10,14H2,1H3,(H,25,27). The zero-order chi connectivity index (χ0) is 22.1. The molecule has 1 aliphatic rings. The number of hydrogen-bond donors (Lipinski definition) is 1. The smallest absolute Gasteiger partial charge is 0.412 e. The molecule has 0 bridgehead atoms. The zero-order valence-electron chi connectivity index (χ0n) is 17.8. The summed E-state index contributed by atoms with van der Waals surface area (Å²) in [6.45, 7) is 2.49. The predicted molar refractivity (Wildman–Crippen MR) is 123 cm³/mol. The summed E-state index contributed by atoms with van der Waals surface area (Å²) in [5.41, 5.74) is 0. The molecule has 0 spiro atoms. The lowest BCUT2D eigenvalue weighted by atomic mass is 9.98. The van der Waals surface area contributed by atoms with Gasteiger partial charge in [0, 0.05) is 33.7 Å². The van der Waals surface area contributed by atoms with Gasteiger partial charge in [0.15, 0.2) is 10.6 Å². The SMILES string of the molecule is Cc1ccc(-c2cc(OC(=O)NCCCCCC#N)c(C(=O)OC3CCCCC3)s2)s1. The van der Waals surface area contributed by atoms with E-state index in [1.54, 1.807) is 17.4 Å². The van der Waals surface area contributed by atoms with Crippen molar-refractivity contribution in [1.29, 1.82) is 5.26 Å². The first-order valence-electron chi connectivity index (χ1n) is 10.8. The maximum Gasteiger partial charge on any atom is 0.412 e. The van der Waals surface area contributed by atoms with Gasteiger partial charge in [-0.3, -0.25) is 0 Å². The molecule has 1 aliphatic carbocycles. The highest BCUT2D eigenvalue weighted by molar-refractivity contribution is 7.23. The Morgan fingerprint density at radius 3 is 2.65 bits per heavy atom.